The van der Waals surface area contributed by atoms with Gasteiger partial charge in [0.15, 0.2) is 0 Å². The predicted molar refractivity (Wildman–Crippen MR) is 99.0 cm³/mol. The maximum absolute atomic E-state index is 12.1. The van der Waals surface area contributed by atoms with E-state index in [4.69, 9.17) is 11.6 Å². The number of rotatable bonds is 9. The van der Waals surface area contributed by atoms with E-state index in [2.05, 4.69) is 5.32 Å². The van der Waals surface area contributed by atoms with Gasteiger partial charge in [0, 0.05) is 30.2 Å². The maximum Gasteiger partial charge on any atom is 0.225 e. The molecule has 136 valence electrons. The van der Waals surface area contributed by atoms with Crippen LogP contribution >= 0.6 is 11.6 Å². The molecule has 1 N–H and O–H groups in total. The molecule has 0 spiro atoms. The number of sulfonamides is 1. The molecule has 24 heavy (non-hydrogen) atoms. The van der Waals surface area contributed by atoms with Gasteiger partial charge in [0.05, 0.1) is 6.26 Å². The summed E-state index contributed by atoms with van der Waals surface area (Å²) < 4.78 is 25.0. The number of benzene rings is 1. The van der Waals surface area contributed by atoms with Crippen LogP contribution in [0.4, 0.5) is 5.69 Å². The Kier molecular flexibility index (Phi) is 8.15. The number of carbonyl (C=O) groups is 1. The van der Waals surface area contributed by atoms with Crippen LogP contribution in [0.25, 0.3) is 0 Å². The number of nitrogens with one attached hydrogen (secondary N) is 1. The zero-order chi connectivity index (χ0) is 18.3. The number of nitrogens with zero attached hydrogens (tertiary/aromatic N) is 2. The predicted octanol–water partition coefficient (Wildman–Crippen LogP) is 2.19. The summed E-state index contributed by atoms with van der Waals surface area (Å²) in [7, 11) is 0.547. The van der Waals surface area contributed by atoms with Gasteiger partial charge in [0.2, 0.25) is 15.9 Å². The van der Waals surface area contributed by atoms with Crippen molar-refractivity contribution in [1.82, 2.24) is 9.21 Å². The topological polar surface area (TPSA) is 69.7 Å². The molecule has 0 aromatic heterocycles. The van der Waals surface area contributed by atoms with Gasteiger partial charge in [-0.15, -0.1) is 0 Å². The molecule has 0 atom stereocenters. The molecule has 0 bridgehead atoms. The quantitative estimate of drug-likeness (QED) is 0.718. The third-order valence-electron chi connectivity index (χ3n) is 3.53. The van der Waals surface area contributed by atoms with E-state index in [0.29, 0.717) is 17.3 Å². The van der Waals surface area contributed by atoms with Gasteiger partial charge in [0.1, 0.15) is 0 Å². The highest BCUT2D eigenvalue weighted by molar-refractivity contribution is 7.88. The minimum absolute atomic E-state index is 0.108. The van der Waals surface area contributed by atoms with E-state index >= 15 is 0 Å². The molecule has 1 aromatic rings. The zero-order valence-corrected chi connectivity index (χ0v) is 16.2. The smallest absolute Gasteiger partial charge is 0.225 e. The number of halogens is 1. The minimum Gasteiger partial charge on any atom is -0.326 e. The lowest BCUT2D eigenvalue weighted by atomic mass is 10.2. The highest BCUT2D eigenvalue weighted by Crippen LogP contribution is 2.19. The summed E-state index contributed by atoms with van der Waals surface area (Å²) in [5, 5.41) is 3.40. The van der Waals surface area contributed by atoms with Gasteiger partial charge in [-0.05, 0) is 57.7 Å². The van der Waals surface area contributed by atoms with Crippen molar-refractivity contribution in [3.8, 4) is 0 Å². The van der Waals surface area contributed by atoms with Crippen molar-refractivity contribution >= 4 is 33.2 Å². The summed E-state index contributed by atoms with van der Waals surface area (Å²) in [6.07, 6.45) is 2.00. The first-order valence-corrected chi connectivity index (χ1v) is 9.98. The van der Waals surface area contributed by atoms with E-state index in [-0.39, 0.29) is 18.9 Å². The van der Waals surface area contributed by atoms with Gasteiger partial charge in [-0.1, -0.05) is 11.6 Å². The monoisotopic (exact) mass is 375 g/mol. The molecule has 0 aliphatic rings. The second-order valence-corrected chi connectivity index (χ2v) is 8.50. The largest absolute Gasteiger partial charge is 0.326 e. The van der Waals surface area contributed by atoms with Crippen molar-refractivity contribution in [2.75, 3.05) is 45.3 Å². The average Bonchev–Trinajstić information content (AvgIpc) is 2.44. The summed E-state index contributed by atoms with van der Waals surface area (Å²) in [4.78, 5) is 14.1. The zero-order valence-electron chi connectivity index (χ0n) is 14.7. The van der Waals surface area contributed by atoms with Crippen LogP contribution in [0.3, 0.4) is 0 Å². The lowest BCUT2D eigenvalue weighted by Crippen LogP contribution is -2.35. The normalized spacial score (nSPS) is 12.0. The summed E-state index contributed by atoms with van der Waals surface area (Å²) >= 11 is 5.89. The van der Waals surface area contributed by atoms with E-state index in [1.54, 1.807) is 18.2 Å². The van der Waals surface area contributed by atoms with E-state index in [1.165, 1.54) is 10.6 Å². The molecule has 6 nitrogen and oxygen atoms in total. The lowest BCUT2D eigenvalue weighted by molar-refractivity contribution is -0.116. The number of anilines is 1. The molecule has 1 rings (SSSR count). The van der Waals surface area contributed by atoms with Gasteiger partial charge in [-0.2, -0.15) is 0 Å². The molecule has 1 amide bonds. The second-order valence-electron chi connectivity index (χ2n) is 6.08. The van der Waals surface area contributed by atoms with Crippen LogP contribution in [-0.2, 0) is 14.8 Å². The first-order valence-electron chi connectivity index (χ1n) is 7.75. The van der Waals surface area contributed by atoms with Gasteiger partial charge in [-0.25, -0.2) is 12.7 Å². The molecule has 0 saturated heterocycles. The van der Waals surface area contributed by atoms with Gasteiger partial charge in [0.25, 0.3) is 0 Å². The summed E-state index contributed by atoms with van der Waals surface area (Å²) in [5.74, 6) is -0.221. The van der Waals surface area contributed by atoms with Crippen molar-refractivity contribution in [2.45, 2.75) is 19.8 Å². The number of hydrogen-bond donors (Lipinski definition) is 1. The lowest BCUT2D eigenvalue weighted by Gasteiger charge is -2.20. The van der Waals surface area contributed by atoms with Crippen LogP contribution in [0.15, 0.2) is 18.2 Å². The van der Waals surface area contributed by atoms with Gasteiger partial charge < -0.3 is 10.2 Å². The molecular weight excluding hydrogens is 350 g/mol. The van der Waals surface area contributed by atoms with Crippen LogP contribution in [0.2, 0.25) is 5.02 Å². The molecule has 0 saturated carbocycles. The molecule has 0 fully saturated rings. The first-order chi connectivity index (χ1) is 11.1. The maximum atomic E-state index is 12.1. The highest BCUT2D eigenvalue weighted by Gasteiger charge is 2.17. The minimum atomic E-state index is -3.33. The summed E-state index contributed by atoms with van der Waals surface area (Å²) in [6.45, 7) is 3.22. The summed E-state index contributed by atoms with van der Waals surface area (Å²) in [5.41, 5.74) is 1.55. The van der Waals surface area contributed by atoms with E-state index < -0.39 is 10.0 Å². The summed E-state index contributed by atoms with van der Waals surface area (Å²) in [6, 6.07) is 5.20. The van der Waals surface area contributed by atoms with Crippen LogP contribution < -0.4 is 5.32 Å². The third kappa shape index (κ3) is 7.61. The van der Waals surface area contributed by atoms with Crippen LogP contribution in [0.1, 0.15) is 18.4 Å². The standard InChI is InChI=1S/C16H26ClN3O3S/c1-13-12-14(17)6-7-15(13)18-16(21)8-11-20(24(4,22)23)10-5-9-19(2)3/h6-7,12H,5,8-11H2,1-4H3,(H,18,21). The van der Waals surface area contributed by atoms with E-state index in [0.717, 1.165) is 18.5 Å². The van der Waals surface area contributed by atoms with Crippen LogP contribution in [0.5, 0.6) is 0 Å². The average molecular weight is 376 g/mol. The Labute approximate surface area is 149 Å². The highest BCUT2D eigenvalue weighted by atomic mass is 35.5. The van der Waals surface area contributed by atoms with E-state index in [9.17, 15) is 13.2 Å². The number of carbonyl (C=O) groups excluding carboxylic acids is 1. The molecular formula is C16H26ClN3O3S. The number of hydrogen-bond acceptors (Lipinski definition) is 4. The van der Waals surface area contributed by atoms with Crippen molar-refractivity contribution in [2.24, 2.45) is 0 Å². The van der Waals surface area contributed by atoms with Gasteiger partial charge >= 0.3 is 0 Å². The fourth-order valence-corrected chi connectivity index (χ4v) is 3.32. The Balaban J connectivity index is 2.57. The first kappa shape index (κ1) is 20.9. The Bertz CT molecular complexity index is 663. The molecule has 0 aliphatic heterocycles. The molecule has 0 unspecified atom stereocenters. The second kappa shape index (κ2) is 9.36. The van der Waals surface area contributed by atoms with Crippen molar-refractivity contribution in [3.63, 3.8) is 0 Å². The third-order valence-corrected chi connectivity index (χ3v) is 5.07. The molecule has 0 radical (unpaired) electrons. The Morgan fingerprint density at radius 1 is 1.21 bits per heavy atom. The van der Waals surface area contributed by atoms with Crippen LogP contribution in [-0.4, -0.2) is 63.5 Å². The number of amides is 1. The fourth-order valence-electron chi connectivity index (χ4n) is 2.21. The Morgan fingerprint density at radius 3 is 2.42 bits per heavy atom. The Morgan fingerprint density at radius 2 is 1.88 bits per heavy atom. The fraction of sp³-hybridized carbons (Fsp3) is 0.562. The van der Waals surface area contributed by atoms with Crippen LogP contribution in [0, 0.1) is 6.92 Å². The van der Waals surface area contributed by atoms with Crippen molar-refractivity contribution in [1.29, 1.82) is 0 Å². The van der Waals surface area contributed by atoms with Crippen molar-refractivity contribution < 1.29 is 13.2 Å². The number of aryl methyl sites for hydroxylation is 1. The van der Waals surface area contributed by atoms with Gasteiger partial charge in [-0.3, -0.25) is 4.79 Å². The SMILES string of the molecule is Cc1cc(Cl)ccc1NC(=O)CCN(CCCN(C)C)S(C)(=O)=O. The molecule has 8 heteroatoms. The molecule has 0 aliphatic carbocycles. The van der Waals surface area contributed by atoms with Crippen molar-refractivity contribution in [3.05, 3.63) is 28.8 Å². The van der Waals surface area contributed by atoms with E-state index in [1.807, 2.05) is 25.9 Å². The molecule has 1 aromatic carbocycles. The molecule has 0 heterocycles. The Hall–Kier alpha value is -1.15.